The predicted molar refractivity (Wildman–Crippen MR) is 118 cm³/mol. The summed E-state index contributed by atoms with van der Waals surface area (Å²) in [4.78, 5) is 7.71. The summed E-state index contributed by atoms with van der Waals surface area (Å²) in [7, 11) is 6.76. The molecule has 0 aliphatic heterocycles. The number of aromatic nitrogens is 3. The molecule has 4 rings (SSSR count). The lowest BCUT2D eigenvalue weighted by molar-refractivity contribution is 0.256. The molecule has 0 radical (unpaired) electrons. The van der Waals surface area contributed by atoms with E-state index >= 15 is 0 Å². The zero-order valence-corrected chi connectivity index (χ0v) is 18.6. The Morgan fingerprint density at radius 3 is 2.42 bits per heavy atom. The highest BCUT2D eigenvalue weighted by molar-refractivity contribution is 7.17. The molecule has 2 aromatic carbocycles. The van der Waals surface area contributed by atoms with Crippen LogP contribution in [0, 0.1) is 0 Å². The molecule has 162 valence electrons. The molecule has 0 amide bonds. The van der Waals surface area contributed by atoms with Crippen LogP contribution >= 0.6 is 11.3 Å². The van der Waals surface area contributed by atoms with E-state index in [0.29, 0.717) is 33.6 Å². The smallest absolute Gasteiger partial charge is 0.230 e. The van der Waals surface area contributed by atoms with Gasteiger partial charge in [-0.25, -0.2) is 4.98 Å². The van der Waals surface area contributed by atoms with E-state index in [4.69, 9.17) is 14.2 Å². The number of rotatable bonds is 8. The number of fused-ring (bicyclic) bond motifs is 1. The summed E-state index contributed by atoms with van der Waals surface area (Å²) < 4.78 is 18.2. The molecule has 9 heteroatoms. The molecule has 4 aromatic rings. The van der Waals surface area contributed by atoms with Crippen LogP contribution in [0.25, 0.3) is 4.96 Å². The van der Waals surface area contributed by atoms with Gasteiger partial charge in [-0.3, -0.25) is 4.90 Å². The van der Waals surface area contributed by atoms with Crippen LogP contribution in [-0.2, 0) is 6.54 Å². The van der Waals surface area contributed by atoms with Crippen LogP contribution in [-0.4, -0.2) is 53.0 Å². The SMILES string of the molecule is COc1ccc([C@@H](c2sc3ncnn3c2O)N(C)Cc2ccccc2)c(OC)c1OC. The third-order valence-corrected chi connectivity index (χ3v) is 6.22. The lowest BCUT2D eigenvalue weighted by Crippen LogP contribution is -2.25. The van der Waals surface area contributed by atoms with Crippen LogP contribution in [0.2, 0.25) is 0 Å². The van der Waals surface area contributed by atoms with Gasteiger partial charge in [0, 0.05) is 12.1 Å². The number of hydrogen-bond donors (Lipinski definition) is 1. The lowest BCUT2D eigenvalue weighted by atomic mass is 10.0. The largest absolute Gasteiger partial charge is 0.493 e. The Morgan fingerprint density at radius 1 is 1.03 bits per heavy atom. The first-order chi connectivity index (χ1) is 15.1. The predicted octanol–water partition coefficient (Wildman–Crippen LogP) is 3.74. The van der Waals surface area contributed by atoms with Crippen molar-refractivity contribution < 1.29 is 19.3 Å². The lowest BCUT2D eigenvalue weighted by Gasteiger charge is -2.29. The van der Waals surface area contributed by atoms with Crippen LogP contribution < -0.4 is 14.2 Å². The monoisotopic (exact) mass is 440 g/mol. The highest BCUT2D eigenvalue weighted by atomic mass is 32.1. The molecule has 1 atom stereocenters. The highest BCUT2D eigenvalue weighted by Crippen LogP contribution is 2.48. The number of methoxy groups -OCH3 is 3. The summed E-state index contributed by atoms with van der Waals surface area (Å²) in [5.41, 5.74) is 1.98. The van der Waals surface area contributed by atoms with Crippen molar-refractivity contribution in [3.05, 3.63) is 64.8 Å². The molecule has 1 N–H and O–H groups in total. The van der Waals surface area contributed by atoms with Gasteiger partial charge in [-0.1, -0.05) is 41.7 Å². The maximum atomic E-state index is 11.0. The van der Waals surface area contributed by atoms with Gasteiger partial charge in [0.1, 0.15) is 6.33 Å². The first kappa shape index (κ1) is 21.0. The van der Waals surface area contributed by atoms with Crippen LogP contribution in [0.3, 0.4) is 0 Å². The van der Waals surface area contributed by atoms with E-state index in [1.807, 2.05) is 37.4 Å². The summed E-state index contributed by atoms with van der Waals surface area (Å²) in [6, 6.07) is 13.6. The topological polar surface area (TPSA) is 81.4 Å². The van der Waals surface area contributed by atoms with Crippen LogP contribution in [0.4, 0.5) is 0 Å². The van der Waals surface area contributed by atoms with Crippen molar-refractivity contribution in [3.63, 3.8) is 0 Å². The van der Waals surface area contributed by atoms with Gasteiger partial charge in [-0.2, -0.15) is 9.61 Å². The van der Waals surface area contributed by atoms with E-state index in [2.05, 4.69) is 27.1 Å². The summed E-state index contributed by atoms with van der Waals surface area (Å²) in [5.74, 6) is 1.67. The van der Waals surface area contributed by atoms with E-state index in [0.717, 1.165) is 11.1 Å². The minimum absolute atomic E-state index is 0.0549. The van der Waals surface area contributed by atoms with Crippen molar-refractivity contribution in [3.8, 4) is 23.1 Å². The van der Waals surface area contributed by atoms with E-state index in [9.17, 15) is 5.11 Å². The van der Waals surface area contributed by atoms with Gasteiger partial charge >= 0.3 is 0 Å². The molecule has 0 aliphatic rings. The fraction of sp³-hybridized carbons (Fsp3) is 0.273. The summed E-state index contributed by atoms with van der Waals surface area (Å²) in [6.07, 6.45) is 1.43. The molecule has 8 nitrogen and oxygen atoms in total. The maximum absolute atomic E-state index is 11.0. The molecular weight excluding hydrogens is 416 g/mol. The Bertz CT molecular complexity index is 1180. The number of aromatic hydroxyl groups is 1. The average molecular weight is 441 g/mol. The minimum atomic E-state index is -0.344. The molecule has 0 fully saturated rings. The first-order valence-electron chi connectivity index (χ1n) is 9.63. The van der Waals surface area contributed by atoms with Crippen LogP contribution in [0.5, 0.6) is 23.1 Å². The van der Waals surface area contributed by atoms with E-state index in [-0.39, 0.29) is 11.9 Å². The zero-order valence-electron chi connectivity index (χ0n) is 17.8. The molecule has 0 aliphatic carbocycles. The van der Waals surface area contributed by atoms with E-state index < -0.39 is 0 Å². The quantitative estimate of drug-likeness (QED) is 0.447. The minimum Gasteiger partial charge on any atom is -0.493 e. The van der Waals surface area contributed by atoms with Gasteiger partial charge in [-0.15, -0.1) is 0 Å². The van der Waals surface area contributed by atoms with Crippen molar-refractivity contribution >= 4 is 16.3 Å². The van der Waals surface area contributed by atoms with Crippen LogP contribution in [0.1, 0.15) is 22.0 Å². The molecular formula is C22H24N4O4S. The molecule has 2 aromatic heterocycles. The first-order valence-corrected chi connectivity index (χ1v) is 10.4. The second-order valence-electron chi connectivity index (χ2n) is 6.97. The van der Waals surface area contributed by atoms with Gasteiger partial charge in [-0.05, 0) is 24.7 Å². The summed E-state index contributed by atoms with van der Waals surface area (Å²) in [6.45, 7) is 0.649. The molecule has 2 heterocycles. The Morgan fingerprint density at radius 2 is 1.77 bits per heavy atom. The van der Waals surface area contributed by atoms with Gasteiger partial charge in [0.25, 0.3) is 0 Å². The second-order valence-corrected chi connectivity index (χ2v) is 7.98. The normalized spacial score (nSPS) is 12.3. The van der Waals surface area contributed by atoms with Crippen molar-refractivity contribution in [1.29, 1.82) is 0 Å². The fourth-order valence-electron chi connectivity index (χ4n) is 3.75. The van der Waals surface area contributed by atoms with Crippen molar-refractivity contribution in [2.24, 2.45) is 0 Å². The van der Waals surface area contributed by atoms with E-state index in [1.54, 1.807) is 21.3 Å². The van der Waals surface area contributed by atoms with Crippen LogP contribution in [0.15, 0.2) is 48.8 Å². The second kappa shape index (κ2) is 8.83. The van der Waals surface area contributed by atoms with Crippen molar-refractivity contribution in [1.82, 2.24) is 19.5 Å². The Balaban J connectivity index is 1.88. The van der Waals surface area contributed by atoms with Gasteiger partial charge in [0.05, 0.1) is 32.2 Å². The zero-order chi connectivity index (χ0) is 22.0. The average Bonchev–Trinajstić information content (AvgIpc) is 3.37. The van der Waals surface area contributed by atoms with Gasteiger partial charge in [0.15, 0.2) is 11.5 Å². The maximum Gasteiger partial charge on any atom is 0.230 e. The number of nitrogens with zero attached hydrogens (tertiary/aromatic N) is 4. The summed E-state index contributed by atoms with van der Waals surface area (Å²) >= 11 is 1.39. The Kier molecular flexibility index (Phi) is 5.97. The van der Waals surface area contributed by atoms with Gasteiger partial charge in [0.2, 0.25) is 16.6 Å². The summed E-state index contributed by atoms with van der Waals surface area (Å²) in [5, 5.41) is 15.1. The molecule has 0 bridgehead atoms. The molecule has 0 saturated carbocycles. The van der Waals surface area contributed by atoms with Gasteiger partial charge < -0.3 is 19.3 Å². The highest BCUT2D eigenvalue weighted by Gasteiger charge is 2.31. The number of hydrogen-bond acceptors (Lipinski definition) is 8. The Labute approximate surface area is 184 Å². The van der Waals surface area contributed by atoms with Crippen molar-refractivity contribution in [2.75, 3.05) is 28.4 Å². The van der Waals surface area contributed by atoms with Crippen molar-refractivity contribution in [2.45, 2.75) is 12.6 Å². The fourth-order valence-corrected chi connectivity index (χ4v) is 4.87. The third-order valence-electron chi connectivity index (χ3n) is 5.13. The molecule has 0 saturated heterocycles. The molecule has 31 heavy (non-hydrogen) atoms. The van der Waals surface area contributed by atoms with E-state index in [1.165, 1.54) is 22.2 Å². The molecule has 0 spiro atoms. The standard InChI is InChI=1S/C22H24N4O4S/c1-25(12-14-8-6-5-7-9-14)17(20-21(27)26-22(31-20)23-13-24-26)15-10-11-16(28-2)19(30-4)18(15)29-3/h5-11,13,17,27H,12H2,1-4H3/t17-/m0/s1. The number of benzene rings is 2. The number of thiazole rings is 1. The third kappa shape index (κ3) is 3.77. The number of ether oxygens (including phenoxy) is 3. The molecule has 0 unspecified atom stereocenters. The Hall–Kier alpha value is -3.30.